The zero-order chi connectivity index (χ0) is 30.0. The van der Waals surface area contributed by atoms with Gasteiger partial charge in [0, 0.05) is 29.2 Å². The molecule has 4 heterocycles. The van der Waals surface area contributed by atoms with Crippen molar-refractivity contribution in [2.24, 2.45) is 21.5 Å². The van der Waals surface area contributed by atoms with Crippen LogP contribution in [0.5, 0.6) is 5.75 Å². The molecule has 2 amide bonds. The van der Waals surface area contributed by atoms with Gasteiger partial charge in [-0.3, -0.25) is 9.59 Å². The quantitative estimate of drug-likeness (QED) is 0.224. The minimum Gasteiger partial charge on any atom is -0.492 e. The number of fused-ring (bicyclic) bond motifs is 1. The Morgan fingerprint density at radius 2 is 1.93 bits per heavy atom. The summed E-state index contributed by atoms with van der Waals surface area (Å²) >= 11 is 6.02. The summed E-state index contributed by atoms with van der Waals surface area (Å²) in [6.07, 6.45) is 0.801. The zero-order valence-electron chi connectivity index (χ0n) is 23.1. The first-order valence-corrected chi connectivity index (χ1v) is 14.0. The average molecular weight is 597 g/mol. The van der Waals surface area contributed by atoms with Crippen LogP contribution in [0.15, 0.2) is 52.4 Å². The van der Waals surface area contributed by atoms with Crippen molar-refractivity contribution in [1.82, 2.24) is 20.9 Å². The van der Waals surface area contributed by atoms with Crippen LogP contribution in [0.1, 0.15) is 46.5 Å². The molecular weight excluding hydrogens is 564 g/mol. The van der Waals surface area contributed by atoms with Crippen molar-refractivity contribution in [2.75, 3.05) is 19.7 Å². The number of halogens is 1. The summed E-state index contributed by atoms with van der Waals surface area (Å²) < 4.78 is 5.90. The summed E-state index contributed by atoms with van der Waals surface area (Å²) in [6.45, 7) is 4.48. The van der Waals surface area contributed by atoms with Crippen molar-refractivity contribution in [2.45, 2.75) is 55.3 Å². The van der Waals surface area contributed by atoms with Gasteiger partial charge in [-0.2, -0.15) is 0 Å². The number of carbonyl (C=O) groups is 2. The molecule has 0 aliphatic carbocycles. The van der Waals surface area contributed by atoms with Crippen LogP contribution < -0.4 is 32.2 Å². The largest absolute Gasteiger partial charge is 0.492 e. The molecule has 6 rings (SSSR count). The molecule has 2 aromatic rings. The van der Waals surface area contributed by atoms with Gasteiger partial charge in [-0.15, -0.1) is 0 Å². The van der Waals surface area contributed by atoms with Crippen LogP contribution in [0, 0.1) is 0 Å². The van der Waals surface area contributed by atoms with E-state index >= 15 is 0 Å². The van der Waals surface area contributed by atoms with Crippen LogP contribution in [-0.2, 0) is 5.41 Å². The van der Waals surface area contributed by atoms with Gasteiger partial charge in [0.05, 0.1) is 18.2 Å². The number of carbonyl (C=O) groups excluding carboxylic acids is 2. The maximum Gasteiger partial charge on any atom is 0.255 e. The van der Waals surface area contributed by atoms with E-state index in [1.165, 1.54) is 11.0 Å². The number of nitrogens with one attached hydrogen (secondary N) is 3. The fraction of sp³-hybridized carbons (Fsp3) is 0.429. The Hall–Kier alpha value is -4.07. The number of nitrogens with zero attached hydrogens (tertiary/aromatic N) is 3. The van der Waals surface area contributed by atoms with Gasteiger partial charge in [0.2, 0.25) is 5.79 Å². The van der Waals surface area contributed by atoms with Gasteiger partial charge in [0.1, 0.15) is 17.8 Å². The Bertz CT molecular complexity index is 1530. The number of amides is 2. The van der Waals surface area contributed by atoms with Gasteiger partial charge in [-0.25, -0.2) is 9.98 Å². The van der Waals surface area contributed by atoms with Crippen LogP contribution >= 0.6 is 11.6 Å². The summed E-state index contributed by atoms with van der Waals surface area (Å²) in [5, 5.41) is 32.3. The fourth-order valence-corrected chi connectivity index (χ4v) is 6.55. The second kappa shape index (κ2) is 9.75. The van der Waals surface area contributed by atoms with Crippen molar-refractivity contribution in [1.29, 1.82) is 0 Å². The zero-order valence-corrected chi connectivity index (χ0v) is 23.9. The molecule has 13 nitrogen and oxygen atoms in total. The van der Waals surface area contributed by atoms with Gasteiger partial charge >= 0.3 is 0 Å². The smallest absolute Gasteiger partial charge is 0.255 e. The highest BCUT2D eigenvalue weighted by molar-refractivity contribution is 6.31. The highest BCUT2D eigenvalue weighted by Gasteiger charge is 2.73. The summed E-state index contributed by atoms with van der Waals surface area (Å²) in [7, 11) is 0. The first-order valence-electron chi connectivity index (χ1n) is 13.6. The summed E-state index contributed by atoms with van der Waals surface area (Å²) in [5.74, 6) is -3.18. The molecule has 222 valence electrons. The van der Waals surface area contributed by atoms with E-state index in [0.717, 1.165) is 12.0 Å². The molecule has 9 N–H and O–H groups in total. The van der Waals surface area contributed by atoms with Crippen LogP contribution in [0.25, 0.3) is 0 Å². The van der Waals surface area contributed by atoms with E-state index in [4.69, 9.17) is 27.8 Å². The van der Waals surface area contributed by atoms with Crippen molar-refractivity contribution in [3.63, 3.8) is 0 Å². The van der Waals surface area contributed by atoms with E-state index in [1.54, 1.807) is 30.3 Å². The van der Waals surface area contributed by atoms with E-state index in [9.17, 15) is 19.8 Å². The number of rotatable bonds is 5. The number of guanidine groups is 2. The van der Waals surface area contributed by atoms with Gasteiger partial charge in [-0.1, -0.05) is 43.6 Å². The highest BCUT2D eigenvalue weighted by Crippen LogP contribution is 2.45. The molecule has 42 heavy (non-hydrogen) atoms. The Labute approximate surface area is 247 Å². The Kier molecular flexibility index (Phi) is 6.52. The van der Waals surface area contributed by atoms with Crippen LogP contribution in [0.4, 0.5) is 0 Å². The third kappa shape index (κ3) is 4.22. The van der Waals surface area contributed by atoms with Crippen molar-refractivity contribution in [3.05, 3.63) is 64.2 Å². The molecule has 4 aliphatic heterocycles. The first-order chi connectivity index (χ1) is 19.8. The van der Waals surface area contributed by atoms with Crippen molar-refractivity contribution >= 4 is 35.3 Å². The molecule has 0 radical (unpaired) electrons. The molecule has 0 aromatic heterocycles. The first kappa shape index (κ1) is 28.1. The number of ether oxygens (including phenoxy) is 1. The molecule has 2 aromatic carbocycles. The average Bonchev–Trinajstić information content (AvgIpc) is 3.40. The lowest BCUT2D eigenvalue weighted by Crippen LogP contribution is -2.78. The van der Waals surface area contributed by atoms with Crippen LogP contribution in [0.3, 0.4) is 0 Å². The van der Waals surface area contributed by atoms with Gasteiger partial charge in [0.25, 0.3) is 11.8 Å². The number of benzene rings is 2. The summed E-state index contributed by atoms with van der Waals surface area (Å²) in [4.78, 5) is 36.8. The molecule has 1 unspecified atom stereocenters. The Morgan fingerprint density at radius 3 is 2.69 bits per heavy atom. The molecule has 1 fully saturated rings. The van der Waals surface area contributed by atoms with Crippen molar-refractivity contribution in [3.8, 4) is 5.75 Å². The van der Waals surface area contributed by atoms with Gasteiger partial charge < -0.3 is 47.3 Å². The summed E-state index contributed by atoms with van der Waals surface area (Å²) in [6, 6.07) is 8.77. The Morgan fingerprint density at radius 1 is 1.17 bits per heavy atom. The lowest BCUT2D eigenvalue weighted by Gasteiger charge is -2.49. The standard InChI is InChI=1S/C28H33ClN8O5/c1-26(2)9-10-42-20-16(7-4-8-17(20)26)23(39)34-19-13-37-25(31)33-18(12-32-22(38)14-5-3-6-15(29)11-14)21-27(37,28(19,40)41)36-24(30)35-21/h3-8,11,18-19,21,40-41H,9-10,12-13H2,1-2H3,(H2,31,33)(H,32,38)(H,34,39)(H3,30,35,36)/t18-,19-,21-,27?/m0/s1. The number of nitrogens with two attached hydrogens (primary N) is 2. The molecule has 4 atom stereocenters. The predicted octanol–water partition coefficient (Wildman–Crippen LogP) is -0.395. The van der Waals surface area contributed by atoms with Crippen LogP contribution in [-0.4, -0.2) is 88.1 Å². The second-order valence-electron chi connectivity index (χ2n) is 11.7. The van der Waals surface area contributed by atoms with Gasteiger partial charge in [0.15, 0.2) is 17.6 Å². The van der Waals surface area contributed by atoms with E-state index < -0.39 is 41.4 Å². The third-order valence-electron chi connectivity index (χ3n) is 8.63. The molecule has 4 aliphatic rings. The minimum absolute atomic E-state index is 0.0305. The minimum atomic E-state index is -2.62. The molecule has 14 heteroatoms. The predicted molar refractivity (Wildman–Crippen MR) is 155 cm³/mol. The highest BCUT2D eigenvalue weighted by atomic mass is 35.5. The number of hydrogen-bond acceptors (Lipinski definition) is 11. The maximum atomic E-state index is 13.6. The normalized spacial score (nSPS) is 28.2. The Balaban J connectivity index is 1.26. The second-order valence-corrected chi connectivity index (χ2v) is 12.1. The third-order valence-corrected chi connectivity index (χ3v) is 8.86. The lowest BCUT2D eigenvalue weighted by atomic mass is 9.79. The molecule has 1 spiro atoms. The number of hydrogen-bond donors (Lipinski definition) is 7. The van der Waals surface area contributed by atoms with E-state index in [2.05, 4.69) is 39.8 Å². The molecule has 0 bridgehead atoms. The van der Waals surface area contributed by atoms with Gasteiger partial charge in [-0.05, 0) is 36.1 Å². The van der Waals surface area contributed by atoms with Crippen LogP contribution in [0.2, 0.25) is 5.02 Å². The number of para-hydroxylation sites is 1. The summed E-state index contributed by atoms with van der Waals surface area (Å²) in [5.41, 5.74) is 12.0. The SMILES string of the molecule is CC1(C)CCOc2c(C(=O)N[C@H]3CN4C(N)=N[C@@H](CNC(=O)c5cccc(Cl)c5)[C@@H]5N=C(N)NC54C3(O)O)cccc21. The maximum absolute atomic E-state index is 13.6. The number of aliphatic hydroxyl groups is 2. The molecular formula is C28H33ClN8O5. The van der Waals surface area contributed by atoms with E-state index in [0.29, 0.717) is 22.9 Å². The molecule has 0 saturated carbocycles. The fourth-order valence-electron chi connectivity index (χ4n) is 6.36. The topological polar surface area (TPSA) is 200 Å². The van der Waals surface area contributed by atoms with Crippen molar-refractivity contribution < 1.29 is 24.5 Å². The molecule has 1 saturated heterocycles. The number of aliphatic imine (C=N–C) groups is 2. The monoisotopic (exact) mass is 596 g/mol. The van der Waals surface area contributed by atoms with E-state index in [-0.39, 0.29) is 36.0 Å². The van der Waals surface area contributed by atoms with E-state index in [1.807, 2.05) is 6.07 Å². The lowest BCUT2D eigenvalue weighted by molar-refractivity contribution is -0.230.